The highest BCUT2D eigenvalue weighted by atomic mass is 15.1. The lowest BCUT2D eigenvalue weighted by Gasteiger charge is -2.25. The van der Waals surface area contributed by atoms with Gasteiger partial charge in [0.1, 0.15) is 0 Å². The Morgan fingerprint density at radius 1 is 1.30 bits per heavy atom. The first-order chi connectivity index (χ1) is 9.86. The van der Waals surface area contributed by atoms with Gasteiger partial charge in [0, 0.05) is 25.3 Å². The summed E-state index contributed by atoms with van der Waals surface area (Å²) in [6.45, 7) is 4.19. The first-order valence-corrected chi connectivity index (χ1v) is 7.66. The Balaban J connectivity index is 1.59. The normalized spacial score (nSPS) is 17.9. The van der Waals surface area contributed by atoms with Gasteiger partial charge in [-0.1, -0.05) is 31.2 Å². The minimum absolute atomic E-state index is 0.592. The topological polar surface area (TPSA) is 29.9 Å². The molecule has 1 aliphatic rings. The molecular weight excluding hydrogens is 246 g/mol. The Morgan fingerprint density at radius 3 is 3.00 bits per heavy atom. The van der Waals surface area contributed by atoms with Gasteiger partial charge in [0.2, 0.25) is 0 Å². The van der Waals surface area contributed by atoms with Crippen LogP contribution in [0, 0.1) is 0 Å². The molecule has 0 saturated carbocycles. The van der Waals surface area contributed by atoms with Gasteiger partial charge in [-0.3, -0.25) is 0 Å². The van der Waals surface area contributed by atoms with Crippen LogP contribution in [0.1, 0.15) is 36.6 Å². The minimum Gasteiger partial charge on any atom is -0.333 e. The van der Waals surface area contributed by atoms with Crippen molar-refractivity contribution >= 4 is 0 Å². The van der Waals surface area contributed by atoms with Gasteiger partial charge in [0.05, 0.1) is 12.0 Å². The van der Waals surface area contributed by atoms with E-state index in [1.165, 1.54) is 29.7 Å². The summed E-state index contributed by atoms with van der Waals surface area (Å²) in [7, 11) is 0. The van der Waals surface area contributed by atoms with Crippen molar-refractivity contribution in [3.05, 3.63) is 53.6 Å². The van der Waals surface area contributed by atoms with E-state index in [0.717, 1.165) is 25.9 Å². The van der Waals surface area contributed by atoms with Crippen LogP contribution in [0.3, 0.4) is 0 Å². The molecule has 1 unspecified atom stereocenters. The van der Waals surface area contributed by atoms with Crippen LogP contribution in [0.15, 0.2) is 36.8 Å². The van der Waals surface area contributed by atoms with E-state index in [-0.39, 0.29) is 0 Å². The number of imidazole rings is 1. The molecule has 0 bridgehead atoms. The molecule has 0 aliphatic heterocycles. The Labute approximate surface area is 121 Å². The fourth-order valence-electron chi connectivity index (χ4n) is 3.06. The molecule has 1 aromatic heterocycles. The zero-order valence-electron chi connectivity index (χ0n) is 12.2. The molecule has 2 aromatic rings. The van der Waals surface area contributed by atoms with Gasteiger partial charge in [-0.2, -0.15) is 0 Å². The number of aromatic nitrogens is 2. The van der Waals surface area contributed by atoms with E-state index in [9.17, 15) is 0 Å². The fourth-order valence-corrected chi connectivity index (χ4v) is 3.06. The Kier molecular flexibility index (Phi) is 4.16. The molecule has 106 valence electrons. The lowest BCUT2D eigenvalue weighted by Crippen LogP contribution is -2.34. The van der Waals surface area contributed by atoms with E-state index in [1.54, 1.807) is 0 Å². The van der Waals surface area contributed by atoms with Gasteiger partial charge in [-0.05, 0) is 36.8 Å². The Morgan fingerprint density at radius 2 is 2.15 bits per heavy atom. The molecule has 3 heteroatoms. The molecule has 0 saturated heterocycles. The molecule has 0 amide bonds. The van der Waals surface area contributed by atoms with Crippen LogP contribution in [-0.2, 0) is 25.9 Å². The largest absolute Gasteiger partial charge is 0.333 e. The number of nitrogens with zero attached hydrogens (tertiary/aromatic N) is 2. The van der Waals surface area contributed by atoms with Gasteiger partial charge >= 0.3 is 0 Å². The molecule has 0 radical (unpaired) electrons. The van der Waals surface area contributed by atoms with E-state index in [0.29, 0.717) is 6.04 Å². The molecule has 1 aromatic carbocycles. The number of rotatable bonds is 5. The smallest absolute Gasteiger partial charge is 0.0948 e. The van der Waals surface area contributed by atoms with Crippen LogP contribution in [0.25, 0.3) is 0 Å². The highest BCUT2D eigenvalue weighted by Gasteiger charge is 2.17. The molecule has 1 aliphatic carbocycles. The number of nitrogens with one attached hydrogen (secondary N) is 1. The molecule has 1 heterocycles. The summed E-state index contributed by atoms with van der Waals surface area (Å²) in [6, 6.07) is 9.43. The van der Waals surface area contributed by atoms with E-state index in [4.69, 9.17) is 0 Å². The zero-order valence-corrected chi connectivity index (χ0v) is 12.2. The van der Waals surface area contributed by atoms with Crippen molar-refractivity contribution in [1.29, 1.82) is 0 Å². The van der Waals surface area contributed by atoms with Crippen LogP contribution < -0.4 is 5.32 Å². The molecule has 1 atom stereocenters. The minimum atomic E-state index is 0.592. The second-order valence-electron chi connectivity index (χ2n) is 5.67. The van der Waals surface area contributed by atoms with Crippen LogP contribution in [0.2, 0.25) is 0 Å². The van der Waals surface area contributed by atoms with Crippen molar-refractivity contribution in [2.45, 2.75) is 51.7 Å². The summed E-state index contributed by atoms with van der Waals surface area (Å²) >= 11 is 0. The lowest BCUT2D eigenvalue weighted by atomic mass is 9.88. The zero-order chi connectivity index (χ0) is 13.8. The van der Waals surface area contributed by atoms with Crippen molar-refractivity contribution in [3.63, 3.8) is 0 Å². The second kappa shape index (κ2) is 6.23. The monoisotopic (exact) mass is 269 g/mol. The Hall–Kier alpha value is -1.61. The molecular formula is C17H23N3. The number of aryl methyl sites for hydroxylation is 2. The van der Waals surface area contributed by atoms with Crippen molar-refractivity contribution in [1.82, 2.24) is 14.9 Å². The molecule has 0 spiro atoms. The van der Waals surface area contributed by atoms with Crippen LogP contribution in [0.5, 0.6) is 0 Å². The third kappa shape index (κ3) is 2.93. The number of benzene rings is 1. The van der Waals surface area contributed by atoms with Crippen molar-refractivity contribution in [2.24, 2.45) is 0 Å². The van der Waals surface area contributed by atoms with Crippen molar-refractivity contribution in [3.8, 4) is 0 Å². The second-order valence-corrected chi connectivity index (χ2v) is 5.67. The summed E-state index contributed by atoms with van der Waals surface area (Å²) in [5.41, 5.74) is 4.34. The maximum absolute atomic E-state index is 4.26. The fraction of sp³-hybridized carbons (Fsp3) is 0.471. The molecule has 20 heavy (non-hydrogen) atoms. The molecule has 3 rings (SSSR count). The first-order valence-electron chi connectivity index (χ1n) is 7.66. The van der Waals surface area contributed by atoms with Gasteiger partial charge in [-0.15, -0.1) is 0 Å². The summed E-state index contributed by atoms with van der Waals surface area (Å²) in [5, 5.41) is 3.70. The number of hydrogen-bond donors (Lipinski definition) is 1. The van der Waals surface area contributed by atoms with Crippen molar-refractivity contribution < 1.29 is 0 Å². The third-order valence-electron chi connectivity index (χ3n) is 4.18. The average molecular weight is 269 g/mol. The first kappa shape index (κ1) is 13.4. The molecule has 0 fully saturated rings. The van der Waals surface area contributed by atoms with E-state index in [1.807, 2.05) is 12.5 Å². The average Bonchev–Trinajstić information content (AvgIpc) is 2.93. The highest BCUT2D eigenvalue weighted by molar-refractivity contribution is 5.30. The Bertz CT molecular complexity index is 559. The molecule has 3 nitrogen and oxygen atoms in total. The number of fused-ring (bicyclic) bond motifs is 1. The summed E-state index contributed by atoms with van der Waals surface area (Å²) in [6.07, 6.45) is 8.66. The van der Waals surface area contributed by atoms with E-state index < -0.39 is 0 Å². The maximum Gasteiger partial charge on any atom is 0.0948 e. The van der Waals surface area contributed by atoms with Crippen LogP contribution >= 0.6 is 0 Å². The highest BCUT2D eigenvalue weighted by Crippen LogP contribution is 2.21. The van der Waals surface area contributed by atoms with Crippen LogP contribution in [0.4, 0.5) is 0 Å². The quantitative estimate of drug-likeness (QED) is 0.904. The third-order valence-corrected chi connectivity index (χ3v) is 4.18. The summed E-state index contributed by atoms with van der Waals surface area (Å²) < 4.78 is 2.25. The maximum atomic E-state index is 4.26. The molecule has 1 N–H and O–H groups in total. The van der Waals surface area contributed by atoms with Gasteiger partial charge in [0.15, 0.2) is 0 Å². The van der Waals surface area contributed by atoms with Crippen molar-refractivity contribution in [2.75, 3.05) is 0 Å². The van der Waals surface area contributed by atoms with Crippen LogP contribution in [-0.4, -0.2) is 15.6 Å². The van der Waals surface area contributed by atoms with Gasteiger partial charge < -0.3 is 9.88 Å². The van der Waals surface area contributed by atoms with E-state index >= 15 is 0 Å². The standard InChI is InChI=1S/C17H23N3/c1-2-9-20-13-18-11-17(20)12-19-16-8-7-14-5-3-4-6-15(14)10-16/h3-6,11,13,16,19H,2,7-10,12H2,1H3. The number of hydrogen-bond acceptors (Lipinski definition) is 2. The van der Waals surface area contributed by atoms with Gasteiger partial charge in [-0.25, -0.2) is 4.98 Å². The predicted octanol–water partition coefficient (Wildman–Crippen LogP) is 2.94. The van der Waals surface area contributed by atoms with E-state index in [2.05, 4.69) is 46.1 Å². The summed E-state index contributed by atoms with van der Waals surface area (Å²) in [5.74, 6) is 0. The lowest BCUT2D eigenvalue weighted by molar-refractivity contribution is 0.448. The van der Waals surface area contributed by atoms with Gasteiger partial charge in [0.25, 0.3) is 0 Å². The predicted molar refractivity (Wildman–Crippen MR) is 81.6 cm³/mol. The SMILES string of the molecule is CCCn1cncc1CNC1CCc2ccccc2C1. The summed E-state index contributed by atoms with van der Waals surface area (Å²) in [4.78, 5) is 4.26.